The highest BCUT2D eigenvalue weighted by Gasteiger charge is 2.05. The van der Waals surface area contributed by atoms with Crippen LogP contribution in [-0.4, -0.2) is 7.05 Å². The van der Waals surface area contributed by atoms with Gasteiger partial charge in [-0.2, -0.15) is 0 Å². The molecule has 0 aliphatic rings. The van der Waals surface area contributed by atoms with E-state index < -0.39 is 0 Å². The van der Waals surface area contributed by atoms with Crippen molar-refractivity contribution in [3.05, 3.63) is 58.9 Å². The van der Waals surface area contributed by atoms with Crippen molar-refractivity contribution < 1.29 is 4.39 Å². The van der Waals surface area contributed by atoms with Gasteiger partial charge in [0.1, 0.15) is 5.82 Å². The lowest BCUT2D eigenvalue weighted by atomic mass is 10.2. The molecular weight excluding hydrogens is 269 g/mol. The highest BCUT2D eigenvalue weighted by molar-refractivity contribution is 7.99. The molecule has 0 amide bonds. The monoisotopic (exact) mass is 281 g/mol. The van der Waals surface area contributed by atoms with Gasteiger partial charge in [0.2, 0.25) is 0 Å². The Morgan fingerprint density at radius 2 is 2.00 bits per heavy atom. The summed E-state index contributed by atoms with van der Waals surface area (Å²) in [5, 5.41) is 3.75. The molecular formula is C14H13ClFNS. The van der Waals surface area contributed by atoms with Crippen molar-refractivity contribution in [3.8, 4) is 0 Å². The van der Waals surface area contributed by atoms with Gasteiger partial charge in [-0.25, -0.2) is 4.39 Å². The quantitative estimate of drug-likeness (QED) is 0.894. The van der Waals surface area contributed by atoms with Gasteiger partial charge in [0.25, 0.3) is 0 Å². The Hall–Kier alpha value is -1.03. The van der Waals surface area contributed by atoms with E-state index in [4.69, 9.17) is 11.6 Å². The first-order valence-electron chi connectivity index (χ1n) is 5.56. The first-order chi connectivity index (χ1) is 8.70. The molecule has 0 aromatic heterocycles. The van der Waals surface area contributed by atoms with Crippen LogP contribution < -0.4 is 5.32 Å². The van der Waals surface area contributed by atoms with E-state index in [9.17, 15) is 4.39 Å². The van der Waals surface area contributed by atoms with Gasteiger partial charge < -0.3 is 5.32 Å². The maximum absolute atomic E-state index is 13.5. The van der Waals surface area contributed by atoms with E-state index >= 15 is 0 Å². The largest absolute Gasteiger partial charge is 0.316 e. The Kier molecular flexibility index (Phi) is 4.64. The van der Waals surface area contributed by atoms with E-state index in [0.717, 1.165) is 17.0 Å². The molecule has 18 heavy (non-hydrogen) atoms. The van der Waals surface area contributed by atoms with Crippen LogP contribution in [0.25, 0.3) is 0 Å². The summed E-state index contributed by atoms with van der Waals surface area (Å²) in [4.78, 5) is 1.54. The van der Waals surface area contributed by atoms with Crippen LogP contribution in [0.1, 0.15) is 5.56 Å². The van der Waals surface area contributed by atoms with Crippen LogP contribution in [0, 0.1) is 5.82 Å². The number of hydrogen-bond acceptors (Lipinski definition) is 2. The highest BCUT2D eigenvalue weighted by Crippen LogP contribution is 2.32. The van der Waals surface area contributed by atoms with Crippen molar-refractivity contribution in [3.63, 3.8) is 0 Å². The molecule has 1 N–H and O–H groups in total. The Morgan fingerprint density at radius 3 is 2.67 bits per heavy atom. The molecule has 0 aliphatic heterocycles. The summed E-state index contributed by atoms with van der Waals surface area (Å²) in [6, 6.07) is 12.5. The number of rotatable bonds is 4. The summed E-state index contributed by atoms with van der Waals surface area (Å²) >= 11 is 7.54. The fourth-order valence-electron chi connectivity index (χ4n) is 1.58. The summed E-state index contributed by atoms with van der Waals surface area (Å²) in [7, 11) is 1.87. The van der Waals surface area contributed by atoms with Crippen molar-refractivity contribution in [1.82, 2.24) is 5.32 Å². The Labute approximate surface area is 115 Å². The molecule has 0 unspecified atom stereocenters. The zero-order valence-corrected chi connectivity index (χ0v) is 11.5. The molecule has 0 spiro atoms. The van der Waals surface area contributed by atoms with Crippen LogP contribution >= 0.6 is 23.4 Å². The number of benzene rings is 2. The van der Waals surface area contributed by atoms with E-state index in [1.54, 1.807) is 12.1 Å². The number of halogens is 2. The Morgan fingerprint density at radius 1 is 1.22 bits per heavy atom. The number of nitrogens with one attached hydrogen (secondary N) is 1. The van der Waals surface area contributed by atoms with Crippen molar-refractivity contribution in [2.24, 2.45) is 0 Å². The third-order valence-electron chi connectivity index (χ3n) is 2.46. The summed E-state index contributed by atoms with van der Waals surface area (Å²) in [5.74, 6) is -0.210. The maximum atomic E-state index is 13.5. The molecule has 4 heteroatoms. The molecule has 2 aromatic rings. The summed E-state index contributed by atoms with van der Waals surface area (Å²) in [6.07, 6.45) is 0. The van der Waals surface area contributed by atoms with E-state index in [0.29, 0.717) is 9.92 Å². The normalized spacial score (nSPS) is 10.6. The van der Waals surface area contributed by atoms with Gasteiger partial charge in [0.15, 0.2) is 0 Å². The Balaban J connectivity index is 2.20. The van der Waals surface area contributed by atoms with E-state index in [2.05, 4.69) is 5.32 Å². The number of hydrogen-bond donors (Lipinski definition) is 1. The average molecular weight is 282 g/mol. The lowest BCUT2D eigenvalue weighted by Crippen LogP contribution is -2.05. The minimum Gasteiger partial charge on any atom is -0.316 e. The second-order valence-corrected chi connectivity index (χ2v) is 5.34. The third-order valence-corrected chi connectivity index (χ3v) is 3.85. The molecule has 0 saturated heterocycles. The second kappa shape index (κ2) is 6.23. The molecule has 0 atom stereocenters. The van der Waals surface area contributed by atoms with Gasteiger partial charge in [-0.3, -0.25) is 0 Å². The highest BCUT2D eigenvalue weighted by atomic mass is 35.5. The molecule has 0 aliphatic carbocycles. The maximum Gasteiger partial charge on any atom is 0.137 e. The van der Waals surface area contributed by atoms with Gasteiger partial charge >= 0.3 is 0 Å². The SMILES string of the molecule is CNCc1ccc(Sc2ccccc2F)cc1Cl. The molecule has 0 bridgehead atoms. The topological polar surface area (TPSA) is 12.0 Å². The fourth-order valence-corrected chi connectivity index (χ4v) is 2.77. The standard InChI is InChI=1S/C14H13ClFNS/c1-17-9-10-6-7-11(8-12(10)15)18-14-5-3-2-4-13(14)16/h2-8,17H,9H2,1H3. The van der Waals surface area contributed by atoms with Crippen LogP contribution in [0.5, 0.6) is 0 Å². The van der Waals surface area contributed by atoms with E-state index in [1.807, 2.05) is 31.3 Å². The molecule has 0 saturated carbocycles. The van der Waals surface area contributed by atoms with Crippen molar-refractivity contribution >= 4 is 23.4 Å². The minimum absolute atomic E-state index is 0.210. The van der Waals surface area contributed by atoms with Gasteiger partial charge in [-0.05, 0) is 36.9 Å². The molecule has 94 valence electrons. The molecule has 2 rings (SSSR count). The fraction of sp³-hybridized carbons (Fsp3) is 0.143. The zero-order chi connectivity index (χ0) is 13.0. The lowest BCUT2D eigenvalue weighted by molar-refractivity contribution is 0.602. The predicted molar refractivity (Wildman–Crippen MR) is 74.7 cm³/mol. The first kappa shape index (κ1) is 13.4. The van der Waals surface area contributed by atoms with Crippen molar-refractivity contribution in [1.29, 1.82) is 0 Å². The molecule has 1 nitrogen and oxygen atoms in total. The molecule has 0 heterocycles. The predicted octanol–water partition coefficient (Wildman–Crippen LogP) is 4.35. The summed E-state index contributed by atoms with van der Waals surface area (Å²) in [5.41, 5.74) is 1.04. The van der Waals surface area contributed by atoms with Gasteiger partial charge in [-0.1, -0.05) is 41.6 Å². The first-order valence-corrected chi connectivity index (χ1v) is 6.75. The van der Waals surface area contributed by atoms with Crippen LogP contribution in [-0.2, 0) is 6.54 Å². The van der Waals surface area contributed by atoms with E-state index in [-0.39, 0.29) is 5.82 Å². The van der Waals surface area contributed by atoms with Crippen LogP contribution in [0.4, 0.5) is 4.39 Å². The van der Waals surface area contributed by atoms with Gasteiger partial charge in [-0.15, -0.1) is 0 Å². The van der Waals surface area contributed by atoms with Crippen molar-refractivity contribution in [2.45, 2.75) is 16.3 Å². The summed E-state index contributed by atoms with van der Waals surface area (Å²) in [6.45, 7) is 0.726. The van der Waals surface area contributed by atoms with Gasteiger partial charge in [0, 0.05) is 21.4 Å². The summed E-state index contributed by atoms with van der Waals surface area (Å²) < 4.78 is 13.5. The average Bonchev–Trinajstić information content (AvgIpc) is 2.36. The second-order valence-electron chi connectivity index (χ2n) is 3.82. The van der Waals surface area contributed by atoms with Gasteiger partial charge in [0.05, 0.1) is 0 Å². The minimum atomic E-state index is -0.210. The zero-order valence-electron chi connectivity index (χ0n) is 9.91. The van der Waals surface area contributed by atoms with Crippen LogP contribution in [0.2, 0.25) is 5.02 Å². The Bertz CT molecular complexity index is 545. The van der Waals surface area contributed by atoms with Crippen LogP contribution in [0.15, 0.2) is 52.3 Å². The smallest absolute Gasteiger partial charge is 0.137 e. The molecule has 0 radical (unpaired) electrons. The van der Waals surface area contributed by atoms with E-state index in [1.165, 1.54) is 17.8 Å². The lowest BCUT2D eigenvalue weighted by Gasteiger charge is -2.07. The molecule has 0 fully saturated rings. The molecule has 2 aromatic carbocycles. The van der Waals surface area contributed by atoms with Crippen molar-refractivity contribution in [2.75, 3.05) is 7.05 Å². The third kappa shape index (κ3) is 3.25. The van der Waals surface area contributed by atoms with Crippen LogP contribution in [0.3, 0.4) is 0 Å².